The number of nitrogens with zero attached hydrogens (tertiary/aromatic N) is 1. The molecule has 2 aromatic carbocycles. The number of nitrogens with one attached hydrogen (secondary N) is 2. The lowest BCUT2D eigenvalue weighted by Crippen LogP contribution is -2.57. The highest BCUT2D eigenvalue weighted by Gasteiger charge is 2.32. The van der Waals surface area contributed by atoms with E-state index in [1.165, 1.54) is 5.01 Å². The van der Waals surface area contributed by atoms with Crippen molar-refractivity contribution in [3.63, 3.8) is 0 Å². The van der Waals surface area contributed by atoms with Gasteiger partial charge in [-0.2, -0.15) is 0 Å². The molecule has 26 heavy (non-hydrogen) atoms. The van der Waals surface area contributed by atoms with Gasteiger partial charge in [-0.05, 0) is 36.6 Å². The molecule has 1 unspecified atom stereocenters. The quantitative estimate of drug-likeness (QED) is 0.745. The summed E-state index contributed by atoms with van der Waals surface area (Å²) < 4.78 is 0.829. The van der Waals surface area contributed by atoms with Crippen LogP contribution in [-0.4, -0.2) is 23.0 Å². The van der Waals surface area contributed by atoms with E-state index >= 15 is 0 Å². The molecule has 0 aliphatic carbocycles. The van der Waals surface area contributed by atoms with E-state index in [9.17, 15) is 9.59 Å². The van der Waals surface area contributed by atoms with E-state index in [1.807, 2.05) is 42.5 Å². The second kappa shape index (κ2) is 8.36. The number of rotatable bonds is 6. The minimum absolute atomic E-state index is 0.163. The van der Waals surface area contributed by atoms with Gasteiger partial charge in [0, 0.05) is 16.6 Å². The van der Waals surface area contributed by atoms with Crippen LogP contribution in [0.4, 0.5) is 5.69 Å². The molecule has 1 heterocycles. The number of aryl methyl sites for hydroxylation is 1. The Labute approximate surface area is 161 Å². The number of amides is 2. The first-order valence-electron chi connectivity index (χ1n) is 8.81. The highest BCUT2D eigenvalue weighted by molar-refractivity contribution is 9.10. The first-order chi connectivity index (χ1) is 12.6. The van der Waals surface area contributed by atoms with Gasteiger partial charge in [0.05, 0.1) is 5.56 Å². The van der Waals surface area contributed by atoms with Crippen LogP contribution < -0.4 is 10.7 Å². The fraction of sp³-hybridized carbons (Fsp3) is 0.300. The number of halogens is 1. The van der Waals surface area contributed by atoms with Crippen molar-refractivity contribution in [3.8, 4) is 0 Å². The van der Waals surface area contributed by atoms with E-state index in [0.717, 1.165) is 28.6 Å². The standard InChI is InChI=1S/C20H22BrN3O2/c1-2-6-18-22-17-11-10-15(21)13-16(17)20(26)24(18)23-19(25)12-9-14-7-4-3-5-8-14/h3-5,7-8,10-11,13,18,22H,2,6,9,12H2,1H3,(H,23,25). The van der Waals surface area contributed by atoms with Gasteiger partial charge in [0.1, 0.15) is 6.17 Å². The average molecular weight is 416 g/mol. The zero-order chi connectivity index (χ0) is 18.5. The molecule has 5 nitrogen and oxygen atoms in total. The Morgan fingerprint density at radius 1 is 1.23 bits per heavy atom. The van der Waals surface area contributed by atoms with Crippen molar-refractivity contribution in [2.75, 3.05) is 5.32 Å². The van der Waals surface area contributed by atoms with Crippen molar-refractivity contribution in [1.82, 2.24) is 10.4 Å². The summed E-state index contributed by atoms with van der Waals surface area (Å²) >= 11 is 3.40. The molecule has 0 fully saturated rings. The summed E-state index contributed by atoms with van der Waals surface area (Å²) in [4.78, 5) is 25.3. The molecule has 2 amide bonds. The molecule has 2 aromatic rings. The molecule has 6 heteroatoms. The van der Waals surface area contributed by atoms with Crippen molar-refractivity contribution in [1.29, 1.82) is 0 Å². The number of hydrazine groups is 1. The Bertz CT molecular complexity index is 795. The zero-order valence-electron chi connectivity index (χ0n) is 14.7. The van der Waals surface area contributed by atoms with Gasteiger partial charge in [-0.25, -0.2) is 5.01 Å². The smallest absolute Gasteiger partial charge is 0.276 e. The summed E-state index contributed by atoms with van der Waals surface area (Å²) in [5, 5.41) is 4.79. The van der Waals surface area contributed by atoms with E-state index in [0.29, 0.717) is 18.4 Å². The molecule has 1 aliphatic rings. The highest BCUT2D eigenvalue weighted by atomic mass is 79.9. The van der Waals surface area contributed by atoms with E-state index in [1.54, 1.807) is 6.07 Å². The molecule has 0 bridgehead atoms. The zero-order valence-corrected chi connectivity index (χ0v) is 16.3. The van der Waals surface area contributed by atoms with Gasteiger partial charge < -0.3 is 5.32 Å². The number of hydrogen-bond acceptors (Lipinski definition) is 3. The molecule has 0 saturated heterocycles. The Morgan fingerprint density at radius 2 is 2.00 bits per heavy atom. The van der Waals surface area contributed by atoms with Crippen LogP contribution in [0.25, 0.3) is 0 Å². The molecule has 0 spiro atoms. The number of hydrogen-bond donors (Lipinski definition) is 2. The number of carbonyl (C=O) groups is 2. The summed E-state index contributed by atoms with van der Waals surface area (Å²) in [6, 6.07) is 15.4. The van der Waals surface area contributed by atoms with Crippen LogP contribution in [0, 0.1) is 0 Å². The number of carbonyl (C=O) groups excluding carboxylic acids is 2. The van der Waals surface area contributed by atoms with Crippen molar-refractivity contribution >= 4 is 33.4 Å². The third-order valence-corrected chi connectivity index (χ3v) is 4.85. The van der Waals surface area contributed by atoms with Crippen LogP contribution in [0.15, 0.2) is 53.0 Å². The Hall–Kier alpha value is -2.34. The Morgan fingerprint density at radius 3 is 2.73 bits per heavy atom. The van der Waals surface area contributed by atoms with Gasteiger partial charge in [0.25, 0.3) is 5.91 Å². The third kappa shape index (κ3) is 4.25. The van der Waals surface area contributed by atoms with Crippen LogP contribution in [0.2, 0.25) is 0 Å². The van der Waals surface area contributed by atoms with Crippen LogP contribution in [0.5, 0.6) is 0 Å². The molecule has 0 radical (unpaired) electrons. The van der Waals surface area contributed by atoms with Crippen molar-refractivity contribution in [3.05, 3.63) is 64.1 Å². The summed E-state index contributed by atoms with van der Waals surface area (Å²) in [5.74, 6) is -0.352. The van der Waals surface area contributed by atoms with E-state index in [4.69, 9.17) is 0 Å². The third-order valence-electron chi connectivity index (χ3n) is 4.36. The van der Waals surface area contributed by atoms with E-state index in [2.05, 4.69) is 33.6 Å². The highest BCUT2D eigenvalue weighted by Crippen LogP contribution is 2.28. The van der Waals surface area contributed by atoms with Crippen molar-refractivity contribution in [2.45, 2.75) is 38.8 Å². The molecular weight excluding hydrogens is 394 g/mol. The summed E-state index contributed by atoms with van der Waals surface area (Å²) in [6.45, 7) is 2.05. The lowest BCUT2D eigenvalue weighted by molar-refractivity contribution is -0.125. The largest absolute Gasteiger partial charge is 0.363 e. The summed E-state index contributed by atoms with van der Waals surface area (Å²) in [7, 11) is 0. The van der Waals surface area contributed by atoms with Gasteiger partial charge in [0.2, 0.25) is 5.91 Å². The van der Waals surface area contributed by atoms with Gasteiger partial charge in [0.15, 0.2) is 0 Å². The Kier molecular flexibility index (Phi) is 5.93. The molecule has 1 atom stereocenters. The maximum Gasteiger partial charge on any atom is 0.276 e. The number of benzene rings is 2. The molecular formula is C20H22BrN3O2. The Balaban J connectivity index is 1.71. The lowest BCUT2D eigenvalue weighted by atomic mass is 10.1. The predicted octanol–water partition coefficient (Wildman–Crippen LogP) is 4.11. The average Bonchev–Trinajstić information content (AvgIpc) is 2.65. The number of fused-ring (bicyclic) bond motifs is 1. The van der Waals surface area contributed by atoms with Gasteiger partial charge in [-0.15, -0.1) is 0 Å². The molecule has 3 rings (SSSR count). The predicted molar refractivity (Wildman–Crippen MR) is 106 cm³/mol. The second-order valence-corrected chi connectivity index (χ2v) is 7.25. The first-order valence-corrected chi connectivity index (χ1v) is 9.61. The van der Waals surface area contributed by atoms with E-state index in [-0.39, 0.29) is 18.0 Å². The molecule has 0 saturated carbocycles. The molecule has 0 aromatic heterocycles. The fourth-order valence-electron chi connectivity index (χ4n) is 3.03. The minimum Gasteiger partial charge on any atom is -0.363 e. The lowest BCUT2D eigenvalue weighted by Gasteiger charge is -2.37. The maximum atomic E-state index is 12.9. The van der Waals surface area contributed by atoms with Gasteiger partial charge in [-0.1, -0.05) is 59.6 Å². The van der Waals surface area contributed by atoms with Crippen molar-refractivity contribution < 1.29 is 9.59 Å². The molecule has 1 aliphatic heterocycles. The van der Waals surface area contributed by atoms with Crippen molar-refractivity contribution in [2.24, 2.45) is 0 Å². The molecule has 136 valence electrons. The SMILES string of the molecule is CCCC1Nc2ccc(Br)cc2C(=O)N1NC(=O)CCc1ccccc1. The van der Waals surface area contributed by atoms with Crippen LogP contribution in [0.3, 0.4) is 0 Å². The second-order valence-electron chi connectivity index (χ2n) is 6.33. The maximum absolute atomic E-state index is 12.9. The van der Waals surface area contributed by atoms with Crippen LogP contribution in [0.1, 0.15) is 42.1 Å². The first kappa shape index (κ1) is 18.5. The fourth-order valence-corrected chi connectivity index (χ4v) is 3.39. The van der Waals surface area contributed by atoms with Crippen LogP contribution in [-0.2, 0) is 11.2 Å². The van der Waals surface area contributed by atoms with Gasteiger partial charge in [-0.3, -0.25) is 15.0 Å². The molecule has 2 N–H and O–H groups in total. The summed E-state index contributed by atoms with van der Waals surface area (Å²) in [5.41, 5.74) is 5.25. The topological polar surface area (TPSA) is 61.4 Å². The number of anilines is 1. The minimum atomic E-state index is -0.248. The van der Waals surface area contributed by atoms with Crippen LogP contribution >= 0.6 is 15.9 Å². The van der Waals surface area contributed by atoms with E-state index < -0.39 is 0 Å². The monoisotopic (exact) mass is 415 g/mol. The summed E-state index contributed by atoms with van der Waals surface area (Å²) in [6.07, 6.45) is 2.37. The van der Waals surface area contributed by atoms with Gasteiger partial charge >= 0.3 is 0 Å². The normalized spacial score (nSPS) is 16.0.